The number of hydrogen-bond donors (Lipinski definition) is 3. The Bertz CT molecular complexity index is 193. The SMILES string of the molecule is CC(=O)O.CC(=O)O.CCOC(=O)CCCO. The number of aliphatic hydroxyl groups is 1. The molecule has 0 aromatic heterocycles. The molecule has 17 heavy (non-hydrogen) atoms. The molecule has 0 atom stereocenters. The van der Waals surface area contributed by atoms with Crippen LogP contribution in [0.4, 0.5) is 0 Å². The fraction of sp³-hybridized carbons (Fsp3) is 0.700. The second kappa shape index (κ2) is 16.8. The van der Waals surface area contributed by atoms with E-state index in [0.29, 0.717) is 19.4 Å². The molecule has 0 aliphatic rings. The fourth-order valence-corrected chi connectivity index (χ4v) is 0.457. The Morgan fingerprint density at radius 1 is 1.06 bits per heavy atom. The lowest BCUT2D eigenvalue weighted by Gasteiger charge is -1.97. The van der Waals surface area contributed by atoms with Crippen molar-refractivity contribution in [1.82, 2.24) is 0 Å². The monoisotopic (exact) mass is 252 g/mol. The molecule has 0 spiro atoms. The van der Waals surface area contributed by atoms with E-state index in [1.165, 1.54) is 0 Å². The number of rotatable bonds is 4. The topological polar surface area (TPSA) is 121 Å². The number of hydrogen-bond acceptors (Lipinski definition) is 5. The number of esters is 1. The van der Waals surface area contributed by atoms with Gasteiger partial charge in [-0.25, -0.2) is 0 Å². The lowest BCUT2D eigenvalue weighted by Crippen LogP contribution is -2.03. The molecule has 0 saturated carbocycles. The molecule has 102 valence electrons. The number of carboxylic acids is 2. The first-order chi connectivity index (χ1) is 7.77. The van der Waals surface area contributed by atoms with Crippen LogP contribution in [0.5, 0.6) is 0 Å². The molecule has 0 radical (unpaired) electrons. The van der Waals surface area contributed by atoms with Crippen LogP contribution >= 0.6 is 0 Å². The van der Waals surface area contributed by atoms with E-state index in [9.17, 15) is 4.79 Å². The summed E-state index contributed by atoms with van der Waals surface area (Å²) in [6.45, 7) is 4.40. The molecule has 0 aromatic carbocycles. The Hall–Kier alpha value is -1.63. The molecule has 0 heterocycles. The highest BCUT2D eigenvalue weighted by molar-refractivity contribution is 5.69. The third kappa shape index (κ3) is 76.3. The molecular formula is C10H20O7. The molecule has 0 amide bonds. The number of aliphatic carboxylic acids is 2. The summed E-state index contributed by atoms with van der Waals surface area (Å²) in [4.78, 5) is 28.5. The molecule has 0 saturated heterocycles. The minimum Gasteiger partial charge on any atom is -0.481 e. The molecule has 0 aromatic rings. The van der Waals surface area contributed by atoms with Crippen LogP contribution in [0, 0.1) is 0 Å². The van der Waals surface area contributed by atoms with Gasteiger partial charge in [-0.15, -0.1) is 0 Å². The van der Waals surface area contributed by atoms with Gasteiger partial charge in [0, 0.05) is 26.9 Å². The predicted molar refractivity (Wildman–Crippen MR) is 59.6 cm³/mol. The summed E-state index contributed by atoms with van der Waals surface area (Å²) < 4.78 is 4.59. The molecule has 0 rings (SSSR count). The number of carbonyl (C=O) groups is 3. The quantitative estimate of drug-likeness (QED) is 0.623. The summed E-state index contributed by atoms with van der Waals surface area (Å²) in [6.07, 6.45) is 0.823. The maximum absolute atomic E-state index is 10.5. The van der Waals surface area contributed by atoms with Gasteiger partial charge in [0.15, 0.2) is 0 Å². The van der Waals surface area contributed by atoms with E-state index < -0.39 is 11.9 Å². The van der Waals surface area contributed by atoms with Crippen LogP contribution in [0.2, 0.25) is 0 Å². The van der Waals surface area contributed by atoms with Crippen LogP contribution in [-0.2, 0) is 19.1 Å². The molecule has 0 fully saturated rings. The number of carbonyl (C=O) groups excluding carboxylic acids is 1. The minimum atomic E-state index is -0.833. The van der Waals surface area contributed by atoms with E-state index in [1.54, 1.807) is 6.92 Å². The molecule has 0 bridgehead atoms. The second-order valence-electron chi connectivity index (χ2n) is 2.67. The highest BCUT2D eigenvalue weighted by Crippen LogP contribution is 1.89. The first-order valence-corrected chi connectivity index (χ1v) is 4.93. The average Bonchev–Trinajstić information content (AvgIpc) is 2.13. The van der Waals surface area contributed by atoms with Crippen LogP contribution in [0.25, 0.3) is 0 Å². The van der Waals surface area contributed by atoms with Gasteiger partial charge in [0.25, 0.3) is 11.9 Å². The Balaban J connectivity index is -0.000000205. The molecule has 0 aliphatic carbocycles. The summed E-state index contributed by atoms with van der Waals surface area (Å²) in [5.74, 6) is -1.90. The number of aliphatic hydroxyl groups excluding tert-OH is 1. The van der Waals surface area contributed by atoms with E-state index in [0.717, 1.165) is 13.8 Å². The highest BCUT2D eigenvalue weighted by atomic mass is 16.5. The van der Waals surface area contributed by atoms with Crippen molar-refractivity contribution in [3.8, 4) is 0 Å². The third-order valence-electron chi connectivity index (χ3n) is 0.844. The summed E-state index contributed by atoms with van der Waals surface area (Å²) in [5, 5.41) is 23.1. The van der Waals surface area contributed by atoms with Gasteiger partial charge >= 0.3 is 5.97 Å². The summed E-state index contributed by atoms with van der Waals surface area (Å²) in [5.41, 5.74) is 0. The van der Waals surface area contributed by atoms with Crippen LogP contribution in [0.1, 0.15) is 33.6 Å². The van der Waals surface area contributed by atoms with Crippen molar-refractivity contribution < 1.29 is 34.4 Å². The van der Waals surface area contributed by atoms with Crippen LogP contribution in [0.3, 0.4) is 0 Å². The van der Waals surface area contributed by atoms with Gasteiger partial charge in [-0.1, -0.05) is 0 Å². The van der Waals surface area contributed by atoms with Gasteiger partial charge in [0.05, 0.1) is 6.61 Å². The van der Waals surface area contributed by atoms with Gasteiger partial charge in [0.1, 0.15) is 0 Å². The Kier molecular flexibility index (Phi) is 20.5. The van der Waals surface area contributed by atoms with Crippen molar-refractivity contribution in [2.45, 2.75) is 33.6 Å². The van der Waals surface area contributed by atoms with Gasteiger partial charge < -0.3 is 20.1 Å². The van der Waals surface area contributed by atoms with E-state index in [2.05, 4.69) is 4.74 Å². The smallest absolute Gasteiger partial charge is 0.305 e. The van der Waals surface area contributed by atoms with Gasteiger partial charge in [-0.05, 0) is 13.3 Å². The van der Waals surface area contributed by atoms with E-state index in [1.807, 2.05) is 0 Å². The first-order valence-electron chi connectivity index (χ1n) is 4.93. The van der Waals surface area contributed by atoms with Crippen molar-refractivity contribution in [2.75, 3.05) is 13.2 Å². The van der Waals surface area contributed by atoms with Crippen LogP contribution in [-0.4, -0.2) is 46.4 Å². The number of ether oxygens (including phenoxy) is 1. The summed E-state index contributed by atoms with van der Waals surface area (Å²) in [7, 11) is 0. The van der Waals surface area contributed by atoms with Crippen molar-refractivity contribution >= 4 is 17.9 Å². The fourth-order valence-electron chi connectivity index (χ4n) is 0.457. The predicted octanol–water partition coefficient (Wildman–Crippen LogP) is 0.504. The lowest BCUT2D eigenvalue weighted by atomic mass is 10.3. The molecule has 0 unspecified atom stereocenters. The zero-order valence-corrected chi connectivity index (χ0v) is 10.3. The largest absolute Gasteiger partial charge is 0.481 e. The Labute approximate surface area is 100 Å². The number of carboxylic acid groups (broad SMARTS) is 2. The normalized spacial score (nSPS) is 7.76. The van der Waals surface area contributed by atoms with Crippen LogP contribution in [0.15, 0.2) is 0 Å². The van der Waals surface area contributed by atoms with Gasteiger partial charge in [-0.3, -0.25) is 14.4 Å². The summed E-state index contributed by atoms with van der Waals surface area (Å²) >= 11 is 0. The molecule has 7 nitrogen and oxygen atoms in total. The standard InChI is InChI=1S/C6H12O3.2C2H4O2/c1-2-9-6(8)4-3-5-7;2*1-2(3)4/h7H,2-5H2,1H3;2*1H3,(H,3,4). The minimum absolute atomic E-state index is 0.0544. The van der Waals surface area contributed by atoms with Crippen molar-refractivity contribution in [2.24, 2.45) is 0 Å². The zero-order valence-electron chi connectivity index (χ0n) is 10.3. The maximum atomic E-state index is 10.5. The molecule has 3 N–H and O–H groups in total. The van der Waals surface area contributed by atoms with Gasteiger partial charge in [-0.2, -0.15) is 0 Å². The second-order valence-corrected chi connectivity index (χ2v) is 2.67. The molecular weight excluding hydrogens is 232 g/mol. The van der Waals surface area contributed by atoms with E-state index >= 15 is 0 Å². The first kappa shape index (κ1) is 20.7. The van der Waals surface area contributed by atoms with E-state index in [-0.39, 0.29) is 12.6 Å². The van der Waals surface area contributed by atoms with E-state index in [4.69, 9.17) is 24.9 Å². The molecule has 0 aliphatic heterocycles. The Morgan fingerprint density at radius 2 is 1.41 bits per heavy atom. The third-order valence-corrected chi connectivity index (χ3v) is 0.844. The zero-order chi connectivity index (χ0) is 14.3. The van der Waals surface area contributed by atoms with Crippen molar-refractivity contribution in [3.05, 3.63) is 0 Å². The summed E-state index contributed by atoms with van der Waals surface area (Å²) in [6, 6.07) is 0. The molecule has 7 heteroatoms. The average molecular weight is 252 g/mol. The highest BCUT2D eigenvalue weighted by Gasteiger charge is 1.97. The van der Waals surface area contributed by atoms with Crippen molar-refractivity contribution in [3.63, 3.8) is 0 Å². The Morgan fingerprint density at radius 3 is 1.65 bits per heavy atom. The van der Waals surface area contributed by atoms with Crippen LogP contribution < -0.4 is 0 Å². The maximum Gasteiger partial charge on any atom is 0.305 e. The lowest BCUT2D eigenvalue weighted by molar-refractivity contribution is -0.143. The van der Waals surface area contributed by atoms with Crippen molar-refractivity contribution in [1.29, 1.82) is 0 Å². The van der Waals surface area contributed by atoms with Gasteiger partial charge in [0.2, 0.25) is 0 Å².